The molecular weight excluding hydrogens is 269 g/mol. The van der Waals surface area contributed by atoms with Crippen LogP contribution < -0.4 is 5.73 Å². The smallest absolute Gasteiger partial charge is 0.164 e. The Morgan fingerprint density at radius 2 is 1.88 bits per heavy atom. The zero-order valence-electron chi connectivity index (χ0n) is 7.76. The number of nitrogen functional groups attached to an aromatic ring is 1. The third kappa shape index (κ3) is 2.72. The third-order valence-electron chi connectivity index (χ3n) is 1.52. The number of hydrogen-bond donors (Lipinski definition) is 1. The number of halogens is 2. The second-order valence-electron chi connectivity index (χ2n) is 2.67. The highest BCUT2D eigenvalue weighted by molar-refractivity contribution is 7.99. The lowest BCUT2D eigenvalue weighted by molar-refractivity contribution is 1.03. The largest absolute Gasteiger partial charge is 0.382 e. The number of rotatable bonds is 2. The van der Waals surface area contributed by atoms with Crippen LogP contribution in [0, 0.1) is 0 Å². The van der Waals surface area contributed by atoms with E-state index >= 15 is 0 Å². The van der Waals surface area contributed by atoms with E-state index in [1.807, 2.05) is 0 Å². The van der Waals surface area contributed by atoms with Crippen molar-refractivity contribution in [1.82, 2.24) is 19.9 Å². The summed E-state index contributed by atoms with van der Waals surface area (Å²) >= 11 is 12.7. The molecular formula is C8H5Cl2N5S. The quantitative estimate of drug-likeness (QED) is 0.905. The normalized spacial score (nSPS) is 10.4. The van der Waals surface area contributed by atoms with E-state index in [9.17, 15) is 0 Å². The SMILES string of the molecule is Nc1cnc(Sc2cnc(Cl)cn2)c(Cl)n1. The molecule has 2 aromatic rings. The van der Waals surface area contributed by atoms with Gasteiger partial charge in [-0.1, -0.05) is 23.2 Å². The highest BCUT2D eigenvalue weighted by Gasteiger charge is 2.07. The predicted octanol–water partition coefficient (Wildman–Crippen LogP) is 2.31. The average Bonchev–Trinajstić information content (AvgIpc) is 2.25. The maximum atomic E-state index is 5.86. The Hall–Kier alpha value is -1.11. The Morgan fingerprint density at radius 1 is 1.06 bits per heavy atom. The van der Waals surface area contributed by atoms with Gasteiger partial charge in [0.15, 0.2) is 5.15 Å². The molecule has 2 aromatic heterocycles. The maximum Gasteiger partial charge on any atom is 0.164 e. The molecule has 0 amide bonds. The minimum atomic E-state index is 0.238. The van der Waals surface area contributed by atoms with Gasteiger partial charge in [0, 0.05) is 0 Å². The first-order valence-electron chi connectivity index (χ1n) is 4.08. The molecule has 5 nitrogen and oxygen atoms in total. The molecule has 0 aliphatic heterocycles. The minimum Gasteiger partial charge on any atom is -0.382 e. The Bertz CT molecular complexity index is 504. The molecule has 0 radical (unpaired) electrons. The molecule has 0 aliphatic rings. The van der Waals surface area contributed by atoms with Crippen molar-refractivity contribution < 1.29 is 0 Å². The fourth-order valence-electron chi connectivity index (χ4n) is 0.889. The van der Waals surface area contributed by atoms with Gasteiger partial charge < -0.3 is 5.73 Å². The molecule has 0 aliphatic carbocycles. The van der Waals surface area contributed by atoms with Crippen molar-refractivity contribution in [3.63, 3.8) is 0 Å². The van der Waals surface area contributed by atoms with Crippen LogP contribution in [0.5, 0.6) is 0 Å². The van der Waals surface area contributed by atoms with Gasteiger partial charge >= 0.3 is 0 Å². The average molecular weight is 274 g/mol. The minimum absolute atomic E-state index is 0.238. The highest BCUT2D eigenvalue weighted by atomic mass is 35.5. The lowest BCUT2D eigenvalue weighted by Crippen LogP contribution is -1.94. The number of aromatic nitrogens is 4. The van der Waals surface area contributed by atoms with Gasteiger partial charge in [-0.05, 0) is 11.8 Å². The molecule has 8 heteroatoms. The molecule has 0 atom stereocenters. The van der Waals surface area contributed by atoms with Crippen LogP contribution in [0.15, 0.2) is 28.6 Å². The van der Waals surface area contributed by atoms with Crippen LogP contribution in [-0.4, -0.2) is 19.9 Å². The summed E-state index contributed by atoms with van der Waals surface area (Å²) in [6.07, 6.45) is 4.40. The fourth-order valence-corrected chi connectivity index (χ4v) is 1.89. The molecule has 0 saturated carbocycles. The molecule has 0 saturated heterocycles. The summed E-state index contributed by atoms with van der Waals surface area (Å²) in [6.45, 7) is 0. The summed E-state index contributed by atoms with van der Waals surface area (Å²) in [6, 6.07) is 0. The van der Waals surface area contributed by atoms with Crippen molar-refractivity contribution in [1.29, 1.82) is 0 Å². The highest BCUT2D eigenvalue weighted by Crippen LogP contribution is 2.29. The lowest BCUT2D eigenvalue weighted by atomic mass is 10.7. The van der Waals surface area contributed by atoms with E-state index in [0.717, 1.165) is 0 Å². The fraction of sp³-hybridized carbons (Fsp3) is 0. The van der Waals surface area contributed by atoms with Crippen molar-refractivity contribution >= 4 is 40.8 Å². The van der Waals surface area contributed by atoms with Crippen molar-refractivity contribution in [3.05, 3.63) is 28.9 Å². The van der Waals surface area contributed by atoms with Crippen molar-refractivity contribution in [2.24, 2.45) is 0 Å². The van der Waals surface area contributed by atoms with Gasteiger partial charge in [0.25, 0.3) is 0 Å². The van der Waals surface area contributed by atoms with Gasteiger partial charge in [0.1, 0.15) is 21.0 Å². The number of anilines is 1. The summed E-state index contributed by atoms with van der Waals surface area (Å²) in [5, 5.41) is 1.72. The van der Waals surface area contributed by atoms with Gasteiger partial charge in [-0.2, -0.15) is 0 Å². The monoisotopic (exact) mass is 273 g/mol. The van der Waals surface area contributed by atoms with Crippen LogP contribution in [0.1, 0.15) is 0 Å². The van der Waals surface area contributed by atoms with Crippen LogP contribution >= 0.6 is 35.0 Å². The summed E-state index contributed by atoms with van der Waals surface area (Å²) in [5.74, 6) is 0.275. The predicted molar refractivity (Wildman–Crippen MR) is 62.6 cm³/mol. The van der Waals surface area contributed by atoms with Gasteiger partial charge in [0.05, 0.1) is 18.6 Å². The van der Waals surface area contributed by atoms with Crippen molar-refractivity contribution in [2.45, 2.75) is 10.1 Å². The first kappa shape index (κ1) is 11.4. The van der Waals surface area contributed by atoms with Gasteiger partial charge in [-0.3, -0.25) is 0 Å². The zero-order chi connectivity index (χ0) is 11.5. The van der Waals surface area contributed by atoms with E-state index in [1.54, 1.807) is 0 Å². The first-order valence-corrected chi connectivity index (χ1v) is 5.66. The lowest BCUT2D eigenvalue weighted by Gasteiger charge is -2.01. The van der Waals surface area contributed by atoms with E-state index in [0.29, 0.717) is 15.2 Å². The Morgan fingerprint density at radius 3 is 2.50 bits per heavy atom. The Kier molecular flexibility index (Phi) is 3.42. The van der Waals surface area contributed by atoms with Crippen LogP contribution in [0.2, 0.25) is 10.3 Å². The Labute approximate surface area is 105 Å². The summed E-state index contributed by atoms with van der Waals surface area (Å²) in [4.78, 5) is 15.8. The van der Waals surface area contributed by atoms with E-state index in [4.69, 9.17) is 28.9 Å². The molecule has 0 spiro atoms. The van der Waals surface area contributed by atoms with Crippen LogP contribution in [-0.2, 0) is 0 Å². The number of hydrogen-bond acceptors (Lipinski definition) is 6. The number of nitrogens with zero attached hydrogens (tertiary/aromatic N) is 4. The third-order valence-corrected chi connectivity index (χ3v) is 3.00. The van der Waals surface area contributed by atoms with Crippen LogP contribution in [0.3, 0.4) is 0 Å². The first-order chi connectivity index (χ1) is 7.65. The molecule has 2 heterocycles. The summed E-state index contributed by atoms with van der Waals surface area (Å²) < 4.78 is 0. The molecule has 0 aromatic carbocycles. The van der Waals surface area contributed by atoms with Crippen LogP contribution in [0.25, 0.3) is 0 Å². The topological polar surface area (TPSA) is 77.6 Å². The molecule has 2 N–H and O–H groups in total. The van der Waals surface area contributed by atoms with Gasteiger partial charge in [-0.15, -0.1) is 0 Å². The number of nitrogens with two attached hydrogens (primary N) is 1. The molecule has 16 heavy (non-hydrogen) atoms. The molecule has 0 fully saturated rings. The standard InChI is InChI=1S/C8H5Cl2N5S/c9-4-1-13-6(3-12-4)16-8-7(10)15-5(11)2-14-8/h1-3H,(H2,11,15). The summed E-state index contributed by atoms with van der Waals surface area (Å²) in [5.41, 5.74) is 5.43. The van der Waals surface area contributed by atoms with Crippen molar-refractivity contribution in [3.8, 4) is 0 Å². The molecule has 2 rings (SSSR count). The molecule has 0 unspecified atom stereocenters. The molecule has 82 valence electrons. The Balaban J connectivity index is 2.23. The van der Waals surface area contributed by atoms with E-state index in [2.05, 4.69) is 19.9 Å². The second kappa shape index (κ2) is 4.82. The maximum absolute atomic E-state index is 5.86. The van der Waals surface area contributed by atoms with E-state index < -0.39 is 0 Å². The van der Waals surface area contributed by atoms with Crippen molar-refractivity contribution in [2.75, 3.05) is 5.73 Å². The van der Waals surface area contributed by atoms with Crippen LogP contribution in [0.4, 0.5) is 5.82 Å². The van der Waals surface area contributed by atoms with E-state index in [-0.39, 0.29) is 11.0 Å². The van der Waals surface area contributed by atoms with E-state index in [1.165, 1.54) is 30.4 Å². The van der Waals surface area contributed by atoms with Gasteiger partial charge in [-0.25, -0.2) is 19.9 Å². The zero-order valence-corrected chi connectivity index (χ0v) is 10.1. The molecule has 0 bridgehead atoms. The summed E-state index contributed by atoms with van der Waals surface area (Å²) in [7, 11) is 0. The van der Waals surface area contributed by atoms with Gasteiger partial charge in [0.2, 0.25) is 0 Å². The second-order valence-corrected chi connectivity index (χ2v) is 4.42.